The predicted molar refractivity (Wildman–Crippen MR) is 191 cm³/mol. The van der Waals surface area contributed by atoms with Crippen LogP contribution < -0.4 is 10.6 Å². The summed E-state index contributed by atoms with van der Waals surface area (Å²) in [6.07, 6.45) is -1.97. The highest BCUT2D eigenvalue weighted by Crippen LogP contribution is 2.38. The number of aliphatic imine (C=N–C) groups is 2. The number of carbonyl (C=O) groups is 2. The molecular weight excluding hydrogens is 783 g/mol. The van der Waals surface area contributed by atoms with Crippen molar-refractivity contribution in [1.82, 2.24) is 19.2 Å². The smallest absolute Gasteiger partial charge is 0.414 e. The van der Waals surface area contributed by atoms with Crippen LogP contribution in [0.15, 0.2) is 40.3 Å². The highest BCUT2D eigenvalue weighted by Gasteiger charge is 2.47. The average molecular weight is 824 g/mol. The lowest BCUT2D eigenvalue weighted by Crippen LogP contribution is -2.54. The van der Waals surface area contributed by atoms with Crippen molar-refractivity contribution in [2.45, 2.75) is 77.7 Å². The van der Waals surface area contributed by atoms with Gasteiger partial charge < -0.3 is 9.47 Å². The Kier molecular flexibility index (Phi) is 12.3. The minimum atomic E-state index is -4.19. The monoisotopic (exact) mass is 823 g/mol. The van der Waals surface area contributed by atoms with E-state index < -0.39 is 117 Å². The van der Waals surface area contributed by atoms with Crippen LogP contribution >= 0.6 is 0 Å². The van der Waals surface area contributed by atoms with Crippen LogP contribution in [0.5, 0.6) is 0 Å². The number of rotatable bonds is 3. The van der Waals surface area contributed by atoms with E-state index in [4.69, 9.17) is 9.47 Å². The molecule has 4 rings (SSSR count). The van der Waals surface area contributed by atoms with Crippen LogP contribution in [0.4, 0.5) is 32.8 Å². The van der Waals surface area contributed by atoms with Crippen LogP contribution in [0.25, 0.3) is 0 Å². The largest absolute Gasteiger partial charge is 0.444 e. The molecule has 0 fully saturated rings. The third kappa shape index (κ3) is 10.4. The first-order valence-corrected chi connectivity index (χ1v) is 19.2. The summed E-state index contributed by atoms with van der Waals surface area (Å²) < 4.78 is 119. The maximum atomic E-state index is 14.7. The summed E-state index contributed by atoms with van der Waals surface area (Å²) in [5.74, 6) is -7.07. The number of nitro benzene ring substituents is 1. The van der Waals surface area contributed by atoms with E-state index in [1.807, 2.05) is 0 Å². The molecule has 0 unspecified atom stereocenters. The molecule has 0 radical (unpaired) electrons. The van der Waals surface area contributed by atoms with Gasteiger partial charge in [-0.2, -0.15) is 4.39 Å². The fourth-order valence-corrected chi connectivity index (χ4v) is 8.21. The fourth-order valence-electron chi connectivity index (χ4n) is 5.29. The number of ether oxygens (including phenoxy) is 2. The molecule has 0 aromatic heterocycles. The molecule has 55 heavy (non-hydrogen) atoms. The molecule has 304 valence electrons. The summed E-state index contributed by atoms with van der Waals surface area (Å²) in [6, 6.07) is 4.49. The summed E-state index contributed by atoms with van der Waals surface area (Å²) in [7, 11) is -5.91. The molecule has 17 nitrogen and oxygen atoms in total. The number of hydrogen-bond acceptors (Lipinski definition) is 12. The van der Waals surface area contributed by atoms with Gasteiger partial charge in [0.25, 0.3) is 0 Å². The number of halogens is 4. The summed E-state index contributed by atoms with van der Waals surface area (Å²) in [6.45, 7) is 12.0. The second-order valence-electron chi connectivity index (χ2n) is 14.7. The first-order chi connectivity index (χ1) is 24.8. The molecule has 2 aromatic carbocycles. The summed E-state index contributed by atoms with van der Waals surface area (Å²) in [5, 5.41) is 15.4. The number of benzene rings is 2. The van der Waals surface area contributed by atoms with Crippen molar-refractivity contribution >= 4 is 49.8 Å². The Morgan fingerprint density at radius 3 is 1.47 bits per heavy atom. The predicted octanol–water partition coefficient (Wildman–Crippen LogP) is 4.58. The number of alkyl carbamates (subject to hydrolysis) is 2. The number of nitrogens with zero attached hydrogens (tertiary/aromatic N) is 5. The van der Waals surface area contributed by atoms with Crippen molar-refractivity contribution in [2.75, 3.05) is 25.6 Å². The average Bonchev–Trinajstić information content (AvgIpc) is 2.96. The second-order valence-corrected chi connectivity index (χ2v) is 18.7. The Labute approximate surface area is 315 Å². The first kappa shape index (κ1) is 44.3. The lowest BCUT2D eigenvalue weighted by atomic mass is 9.93. The van der Waals surface area contributed by atoms with Crippen LogP contribution in [-0.4, -0.2) is 91.3 Å². The van der Waals surface area contributed by atoms with Gasteiger partial charge in [-0.25, -0.2) is 58.2 Å². The zero-order valence-corrected chi connectivity index (χ0v) is 33.1. The number of guanidine groups is 2. The molecule has 2 heterocycles. The van der Waals surface area contributed by atoms with E-state index >= 15 is 0 Å². The molecule has 0 aliphatic carbocycles. The van der Waals surface area contributed by atoms with E-state index in [9.17, 15) is 54.1 Å². The van der Waals surface area contributed by atoms with Gasteiger partial charge in [-0.15, -0.1) is 0 Å². The number of carbonyl (C=O) groups excluding carboxylic acids is 2. The van der Waals surface area contributed by atoms with Gasteiger partial charge in [0.2, 0.25) is 37.8 Å². The van der Waals surface area contributed by atoms with E-state index in [0.717, 1.165) is 30.4 Å². The molecule has 2 aromatic rings. The van der Waals surface area contributed by atoms with Crippen LogP contribution in [0.1, 0.15) is 66.5 Å². The third-order valence-electron chi connectivity index (χ3n) is 7.60. The summed E-state index contributed by atoms with van der Waals surface area (Å²) >= 11 is 0. The standard InChI is InChI=1S/C16H20F2N4O6S.C16H21F2N3O4S/c1-15(2,3)28-14(23)19-13-20-16(4,8-29(26,27)21(13)5)11-9(17)6-7-10(12(11)18)22(24)25;1-15(2,3)25-14(22)19-13-20-16(4,9-26(23,24)21(13)5)12-10(17)7-6-8-11(12)18/h6-7H,8H2,1-5H3,(H,19,20,23);6-8H,9H2,1-5H3,(H,19,20,22)/t2*16-/m00/s1. The Balaban J connectivity index is 0.000000297. The minimum Gasteiger partial charge on any atom is -0.444 e. The summed E-state index contributed by atoms with van der Waals surface area (Å²) in [5.41, 5.74) is -7.99. The lowest BCUT2D eigenvalue weighted by Gasteiger charge is -2.36. The van der Waals surface area contributed by atoms with Crippen LogP contribution in [0.3, 0.4) is 0 Å². The minimum absolute atomic E-state index is 0.379. The van der Waals surface area contributed by atoms with Gasteiger partial charge >= 0.3 is 17.9 Å². The Morgan fingerprint density at radius 2 is 1.11 bits per heavy atom. The van der Waals surface area contributed by atoms with Gasteiger partial charge in [-0.05, 0) is 73.6 Å². The molecular formula is C32H41F4N7O10S2. The zero-order valence-electron chi connectivity index (χ0n) is 31.4. The fraction of sp³-hybridized carbons (Fsp3) is 0.500. The van der Waals surface area contributed by atoms with Crippen LogP contribution in [0.2, 0.25) is 0 Å². The van der Waals surface area contributed by atoms with Gasteiger partial charge in [0.15, 0.2) is 0 Å². The van der Waals surface area contributed by atoms with Gasteiger partial charge in [0.05, 0.1) is 27.6 Å². The maximum Gasteiger partial charge on any atom is 0.414 e. The molecule has 0 spiro atoms. The van der Waals surface area contributed by atoms with E-state index in [1.165, 1.54) is 20.0 Å². The highest BCUT2D eigenvalue weighted by molar-refractivity contribution is 7.90. The van der Waals surface area contributed by atoms with Crippen LogP contribution in [0, 0.1) is 33.4 Å². The number of nitrogens with one attached hydrogen (secondary N) is 2. The van der Waals surface area contributed by atoms with Crippen LogP contribution in [-0.2, 0) is 40.6 Å². The van der Waals surface area contributed by atoms with E-state index in [2.05, 4.69) is 20.6 Å². The van der Waals surface area contributed by atoms with Crippen molar-refractivity contribution in [3.8, 4) is 0 Å². The topological polar surface area (TPSA) is 219 Å². The molecule has 0 saturated heterocycles. The molecule has 2 aliphatic rings. The zero-order chi connectivity index (χ0) is 42.3. The Bertz CT molecular complexity index is 2150. The second kappa shape index (κ2) is 15.2. The highest BCUT2D eigenvalue weighted by atomic mass is 32.2. The Morgan fingerprint density at radius 1 is 0.745 bits per heavy atom. The van der Waals surface area contributed by atoms with Gasteiger partial charge in [0, 0.05) is 20.2 Å². The molecule has 2 N–H and O–H groups in total. The van der Waals surface area contributed by atoms with E-state index in [1.54, 1.807) is 41.5 Å². The van der Waals surface area contributed by atoms with Crippen molar-refractivity contribution in [3.63, 3.8) is 0 Å². The quantitative estimate of drug-likeness (QED) is 0.249. The van der Waals surface area contributed by atoms with Crippen molar-refractivity contribution in [2.24, 2.45) is 9.98 Å². The van der Waals surface area contributed by atoms with Crippen molar-refractivity contribution in [3.05, 3.63) is 74.8 Å². The number of hydrogen-bond donors (Lipinski definition) is 2. The third-order valence-corrected chi connectivity index (χ3v) is 11.5. The number of sulfonamides is 2. The van der Waals surface area contributed by atoms with Gasteiger partial charge in [-0.3, -0.25) is 20.7 Å². The van der Waals surface area contributed by atoms with Crippen molar-refractivity contribution in [1.29, 1.82) is 0 Å². The lowest BCUT2D eigenvalue weighted by molar-refractivity contribution is -0.387. The maximum absolute atomic E-state index is 14.7. The van der Waals surface area contributed by atoms with E-state index in [-0.39, 0.29) is 5.96 Å². The van der Waals surface area contributed by atoms with Gasteiger partial charge in [-0.1, -0.05) is 6.07 Å². The SMILES string of the molecule is CN1C(NC(=O)OC(C)(C)C)=N[C@](C)(c2c(F)ccc([N+](=O)[O-])c2F)CS1(=O)=O.CN1C(NC(=O)OC(C)(C)C)=N[C@](C)(c2c(F)cccc2F)CS1(=O)=O. The first-order valence-electron chi connectivity index (χ1n) is 16.0. The molecule has 23 heteroatoms. The van der Waals surface area contributed by atoms with Gasteiger partial charge in [0.1, 0.15) is 39.7 Å². The summed E-state index contributed by atoms with van der Waals surface area (Å²) in [4.78, 5) is 42.1. The molecule has 0 bridgehead atoms. The number of amides is 2. The Hall–Kier alpha value is -5.06. The number of nitro groups is 1. The molecule has 2 amide bonds. The van der Waals surface area contributed by atoms with E-state index in [0.29, 0.717) is 16.4 Å². The molecule has 2 atom stereocenters. The molecule has 0 saturated carbocycles. The van der Waals surface area contributed by atoms with Crippen molar-refractivity contribution < 1.29 is 58.4 Å². The molecule has 2 aliphatic heterocycles. The normalized spacial score (nSPS) is 21.9.